The zero-order chi connectivity index (χ0) is 8.97. The Kier molecular flexibility index (Phi) is 3.31. The van der Waals surface area contributed by atoms with Crippen molar-refractivity contribution in [1.82, 2.24) is 0 Å². The van der Waals surface area contributed by atoms with Crippen LogP contribution in [0.5, 0.6) is 0 Å². The summed E-state index contributed by atoms with van der Waals surface area (Å²) in [5, 5.41) is 0. The summed E-state index contributed by atoms with van der Waals surface area (Å²) in [5.74, 6) is -0.316. The van der Waals surface area contributed by atoms with E-state index < -0.39 is 0 Å². The van der Waals surface area contributed by atoms with Gasteiger partial charge < -0.3 is 0 Å². The summed E-state index contributed by atoms with van der Waals surface area (Å²) in [6.45, 7) is 0. The van der Waals surface area contributed by atoms with Crippen molar-refractivity contribution in [3.8, 4) is 3.81 Å². The van der Waals surface area contributed by atoms with Crippen molar-refractivity contribution in [3.05, 3.63) is 35.4 Å². The molecule has 0 saturated heterocycles. The SMILES string of the molecule is COC(=O)c1cccc(C#I)c1. The fourth-order valence-electron chi connectivity index (χ4n) is 0.823. The first-order valence-electron chi connectivity index (χ1n) is 3.33. The molecule has 2 nitrogen and oxygen atoms in total. The number of halogens is 1. The molecule has 1 aromatic carbocycles. The predicted octanol–water partition coefficient (Wildman–Crippen LogP) is 2.22. The number of hydrogen-bond donors (Lipinski definition) is 0. The van der Waals surface area contributed by atoms with Crippen molar-refractivity contribution >= 4 is 27.9 Å². The van der Waals surface area contributed by atoms with Gasteiger partial charge in [-0.25, -0.2) is 0 Å². The van der Waals surface area contributed by atoms with Crippen LogP contribution in [0.25, 0.3) is 0 Å². The van der Waals surface area contributed by atoms with Crippen LogP contribution in [0.2, 0.25) is 0 Å². The third-order valence-electron chi connectivity index (χ3n) is 1.39. The molecule has 0 aromatic heterocycles. The van der Waals surface area contributed by atoms with Crippen LogP contribution in [0.15, 0.2) is 24.3 Å². The molecule has 3 heteroatoms. The first-order valence-corrected chi connectivity index (χ1v) is 4.41. The Hall–Kier alpha value is -0.800. The third-order valence-corrected chi connectivity index (χ3v) is 2.02. The van der Waals surface area contributed by atoms with Crippen LogP contribution >= 0.6 is 21.9 Å². The van der Waals surface area contributed by atoms with Gasteiger partial charge >= 0.3 is 83.7 Å². The first-order chi connectivity index (χ1) is 5.77. The molecule has 0 radical (unpaired) electrons. The Morgan fingerprint density at radius 3 is 2.92 bits per heavy atom. The van der Waals surface area contributed by atoms with Crippen molar-refractivity contribution in [1.29, 1.82) is 0 Å². The molecule has 1 rings (SSSR count). The molecule has 62 valence electrons. The molecule has 0 unspecified atom stereocenters. The fraction of sp³-hybridized carbons (Fsp3) is 0.111. The van der Waals surface area contributed by atoms with Crippen LogP contribution in [0.4, 0.5) is 0 Å². The van der Waals surface area contributed by atoms with E-state index in [1.54, 1.807) is 18.2 Å². The van der Waals surface area contributed by atoms with Gasteiger partial charge in [-0.3, -0.25) is 0 Å². The summed E-state index contributed by atoms with van der Waals surface area (Å²) < 4.78 is 7.48. The second-order valence-electron chi connectivity index (χ2n) is 2.17. The summed E-state index contributed by atoms with van der Waals surface area (Å²) >= 11 is 2.00. The van der Waals surface area contributed by atoms with Gasteiger partial charge in [-0.2, -0.15) is 0 Å². The number of carbonyl (C=O) groups is 1. The van der Waals surface area contributed by atoms with Gasteiger partial charge in [0.25, 0.3) is 0 Å². The van der Waals surface area contributed by atoms with Crippen molar-refractivity contribution in [3.63, 3.8) is 0 Å². The van der Waals surface area contributed by atoms with Crippen LogP contribution in [0.3, 0.4) is 0 Å². The molecule has 1 aromatic rings. The van der Waals surface area contributed by atoms with E-state index in [0.717, 1.165) is 5.56 Å². The molecular weight excluding hydrogens is 267 g/mol. The Morgan fingerprint density at radius 1 is 1.58 bits per heavy atom. The molecule has 0 bridgehead atoms. The van der Waals surface area contributed by atoms with Crippen LogP contribution in [-0.2, 0) is 4.74 Å². The molecule has 0 N–H and O–H groups in total. The zero-order valence-electron chi connectivity index (χ0n) is 6.50. The summed E-state index contributed by atoms with van der Waals surface area (Å²) in [4.78, 5) is 11.0. The molecule has 0 spiro atoms. The third kappa shape index (κ3) is 2.09. The van der Waals surface area contributed by atoms with E-state index in [4.69, 9.17) is 0 Å². The normalized spacial score (nSPS) is 8.75. The molecule has 0 atom stereocenters. The Labute approximate surface area is 83.8 Å². The molecule has 12 heavy (non-hydrogen) atoms. The predicted molar refractivity (Wildman–Crippen MR) is 54.8 cm³/mol. The van der Waals surface area contributed by atoms with Gasteiger partial charge in [0.15, 0.2) is 0 Å². The molecule has 0 fully saturated rings. The van der Waals surface area contributed by atoms with Crippen molar-refractivity contribution in [2.45, 2.75) is 0 Å². The van der Waals surface area contributed by atoms with E-state index >= 15 is 0 Å². The van der Waals surface area contributed by atoms with E-state index in [1.807, 2.05) is 28.0 Å². The topological polar surface area (TPSA) is 26.3 Å². The molecule has 0 aliphatic carbocycles. The molecule has 0 aliphatic rings. The second-order valence-corrected chi connectivity index (χ2v) is 2.71. The number of methoxy groups -OCH3 is 1. The number of benzene rings is 1. The average molecular weight is 274 g/mol. The summed E-state index contributed by atoms with van der Waals surface area (Å²) in [6, 6.07) is 7.12. The van der Waals surface area contributed by atoms with E-state index in [1.165, 1.54) is 7.11 Å². The standard InChI is InChI=1S/C9H7IO2/c1-12-9(11)8-4-2-3-7(5-8)6-10/h2-5H,1H3. The molecule has 0 heterocycles. The van der Waals surface area contributed by atoms with Crippen molar-refractivity contribution in [2.75, 3.05) is 7.11 Å². The number of carbonyl (C=O) groups excluding carboxylic acids is 1. The van der Waals surface area contributed by atoms with E-state index in [9.17, 15) is 4.79 Å². The maximum absolute atomic E-state index is 11.0. The number of ether oxygens (including phenoxy) is 1. The Balaban J connectivity index is 3.04. The molecule has 0 saturated carbocycles. The number of esters is 1. The Bertz CT molecular complexity index is 339. The number of rotatable bonds is 1. The first kappa shape index (κ1) is 9.29. The molecule has 0 aliphatic heterocycles. The van der Waals surface area contributed by atoms with E-state index in [-0.39, 0.29) is 5.97 Å². The van der Waals surface area contributed by atoms with Gasteiger partial charge in [-0.15, -0.1) is 0 Å². The van der Waals surface area contributed by atoms with Gasteiger partial charge in [-0.05, 0) is 0 Å². The summed E-state index contributed by atoms with van der Waals surface area (Å²) in [7, 11) is 1.37. The van der Waals surface area contributed by atoms with Crippen molar-refractivity contribution in [2.24, 2.45) is 0 Å². The fourth-order valence-corrected chi connectivity index (χ4v) is 1.16. The second kappa shape index (κ2) is 4.28. The van der Waals surface area contributed by atoms with Crippen LogP contribution < -0.4 is 0 Å². The van der Waals surface area contributed by atoms with Gasteiger partial charge in [0, 0.05) is 0 Å². The summed E-state index contributed by atoms with van der Waals surface area (Å²) in [6.07, 6.45) is 0. The summed E-state index contributed by atoms with van der Waals surface area (Å²) in [5.41, 5.74) is 1.44. The van der Waals surface area contributed by atoms with Crippen LogP contribution in [0, 0.1) is 3.81 Å². The molecule has 0 amide bonds. The zero-order valence-corrected chi connectivity index (χ0v) is 8.66. The van der Waals surface area contributed by atoms with Crippen molar-refractivity contribution < 1.29 is 9.53 Å². The van der Waals surface area contributed by atoms with E-state index in [2.05, 4.69) is 8.55 Å². The quantitative estimate of drug-likeness (QED) is 0.579. The number of hydrogen-bond acceptors (Lipinski definition) is 2. The minimum atomic E-state index is -0.316. The average Bonchev–Trinajstić information content (AvgIpc) is 2.17. The monoisotopic (exact) mass is 274 g/mol. The Morgan fingerprint density at radius 2 is 2.33 bits per heavy atom. The van der Waals surface area contributed by atoms with Gasteiger partial charge in [0.2, 0.25) is 0 Å². The van der Waals surface area contributed by atoms with Crippen LogP contribution in [-0.4, -0.2) is 13.1 Å². The van der Waals surface area contributed by atoms with E-state index in [0.29, 0.717) is 5.56 Å². The molecular formula is C9H7IO2. The van der Waals surface area contributed by atoms with Gasteiger partial charge in [0.1, 0.15) is 0 Å². The minimum absolute atomic E-state index is 0.316. The maximum atomic E-state index is 11.0. The van der Waals surface area contributed by atoms with Crippen LogP contribution in [0.1, 0.15) is 15.9 Å². The van der Waals surface area contributed by atoms with Gasteiger partial charge in [0.05, 0.1) is 0 Å². The van der Waals surface area contributed by atoms with Gasteiger partial charge in [-0.1, -0.05) is 0 Å².